The van der Waals surface area contributed by atoms with Crippen molar-refractivity contribution < 1.29 is 23.9 Å². The van der Waals surface area contributed by atoms with Crippen LogP contribution in [0.5, 0.6) is 0 Å². The first-order chi connectivity index (χ1) is 16.3. The number of hydrogen-bond donors (Lipinski definition) is 2. The lowest BCUT2D eigenvalue weighted by Crippen LogP contribution is -2.14. The molecule has 0 radical (unpaired) electrons. The first-order valence-electron chi connectivity index (χ1n) is 10.3. The Morgan fingerprint density at radius 3 is 2.44 bits per heavy atom. The number of ether oxygens (including phenoxy) is 2. The maximum atomic E-state index is 13.2. The van der Waals surface area contributed by atoms with Crippen molar-refractivity contribution in [1.82, 2.24) is 4.98 Å². The number of aromatic nitrogens is 1. The Labute approximate surface area is 203 Å². The largest absolute Gasteiger partial charge is 0.465 e. The van der Waals surface area contributed by atoms with Gasteiger partial charge in [0.2, 0.25) is 0 Å². The van der Waals surface area contributed by atoms with Gasteiger partial charge < -0.3 is 20.5 Å². The molecule has 34 heavy (non-hydrogen) atoms. The van der Waals surface area contributed by atoms with E-state index in [0.29, 0.717) is 21.5 Å². The van der Waals surface area contributed by atoms with Gasteiger partial charge in [0, 0.05) is 10.9 Å². The molecule has 174 valence electrons. The van der Waals surface area contributed by atoms with Gasteiger partial charge in [-0.2, -0.15) is 0 Å². The van der Waals surface area contributed by atoms with Crippen molar-refractivity contribution in [3.8, 4) is 11.3 Å². The van der Waals surface area contributed by atoms with Gasteiger partial charge in [-0.25, -0.2) is 14.6 Å². The Hall–Kier alpha value is -3.76. The molecule has 8 nitrogen and oxygen atoms in total. The Kier molecular flexibility index (Phi) is 6.62. The van der Waals surface area contributed by atoms with E-state index in [2.05, 4.69) is 10.3 Å². The summed E-state index contributed by atoms with van der Waals surface area (Å²) in [5.74, 6) is -1.75. The lowest BCUT2D eigenvalue weighted by molar-refractivity contribution is 0.0531. The van der Waals surface area contributed by atoms with Crippen LogP contribution in [0.2, 0.25) is 0 Å². The van der Waals surface area contributed by atoms with Gasteiger partial charge in [0.05, 0.1) is 30.7 Å². The smallest absolute Gasteiger partial charge is 0.348 e. The minimum absolute atomic E-state index is 0.105. The van der Waals surface area contributed by atoms with E-state index < -0.39 is 17.8 Å². The molecule has 0 atom stereocenters. The number of benzene rings is 1. The van der Waals surface area contributed by atoms with E-state index >= 15 is 0 Å². The fourth-order valence-electron chi connectivity index (χ4n) is 3.44. The highest BCUT2D eigenvalue weighted by Gasteiger charge is 2.28. The molecule has 3 aromatic heterocycles. The topological polar surface area (TPSA) is 121 Å². The van der Waals surface area contributed by atoms with E-state index in [1.54, 1.807) is 13.8 Å². The van der Waals surface area contributed by atoms with Crippen LogP contribution in [0.15, 0.2) is 42.5 Å². The second kappa shape index (κ2) is 9.62. The molecule has 1 amide bonds. The molecule has 0 saturated heterocycles. The predicted molar refractivity (Wildman–Crippen MR) is 134 cm³/mol. The van der Waals surface area contributed by atoms with E-state index in [0.717, 1.165) is 33.9 Å². The standard InChI is InChI=1S/C24H21N3O5S2/c1-4-32-24(30)18-12(2)16(23(29)31-3)22(33-18)27-20(28)19-17(25)14-10-11-15(26-21(14)34-19)13-8-6-5-7-9-13/h5-11H,4,25H2,1-3H3,(H,27,28). The summed E-state index contributed by atoms with van der Waals surface area (Å²) in [7, 11) is 1.23. The minimum atomic E-state index is -0.668. The number of nitrogens with zero attached hydrogens (tertiary/aromatic N) is 1. The molecule has 0 spiro atoms. The van der Waals surface area contributed by atoms with E-state index in [1.165, 1.54) is 7.11 Å². The Bertz CT molecular complexity index is 1410. The summed E-state index contributed by atoms with van der Waals surface area (Å²) in [5.41, 5.74) is 8.77. The fourth-order valence-corrected chi connectivity index (χ4v) is 5.51. The first kappa shape index (κ1) is 23.4. The number of rotatable bonds is 6. The Balaban J connectivity index is 1.70. The number of anilines is 2. The van der Waals surface area contributed by atoms with E-state index in [9.17, 15) is 14.4 Å². The Morgan fingerprint density at radius 2 is 1.76 bits per heavy atom. The molecular formula is C24H21N3O5S2. The van der Waals surface area contributed by atoms with Crippen LogP contribution < -0.4 is 11.1 Å². The summed E-state index contributed by atoms with van der Waals surface area (Å²) < 4.78 is 9.92. The van der Waals surface area contributed by atoms with Gasteiger partial charge in [-0.1, -0.05) is 30.3 Å². The molecule has 0 aliphatic carbocycles. The average Bonchev–Trinajstić information content (AvgIpc) is 3.35. The van der Waals surface area contributed by atoms with Crippen LogP contribution in [0.4, 0.5) is 10.7 Å². The first-order valence-corrected chi connectivity index (χ1v) is 11.9. The molecule has 0 fully saturated rings. The number of methoxy groups -OCH3 is 1. The zero-order valence-electron chi connectivity index (χ0n) is 18.6. The van der Waals surface area contributed by atoms with Crippen LogP contribution in [-0.4, -0.2) is 36.5 Å². The quantitative estimate of drug-likeness (QED) is 0.356. The van der Waals surface area contributed by atoms with Crippen LogP contribution >= 0.6 is 22.7 Å². The normalized spacial score (nSPS) is 10.8. The molecule has 0 saturated carbocycles. The number of amides is 1. The summed E-state index contributed by atoms with van der Waals surface area (Å²) >= 11 is 2.11. The number of nitrogens with one attached hydrogen (secondary N) is 1. The van der Waals surface area contributed by atoms with Gasteiger partial charge in [-0.3, -0.25) is 4.79 Å². The van der Waals surface area contributed by atoms with Gasteiger partial charge >= 0.3 is 11.9 Å². The molecule has 0 aliphatic heterocycles. The third-order valence-corrected chi connectivity index (χ3v) is 7.40. The van der Waals surface area contributed by atoms with Crippen molar-refractivity contribution >= 4 is 61.4 Å². The van der Waals surface area contributed by atoms with Crippen molar-refractivity contribution in [2.24, 2.45) is 0 Å². The zero-order valence-corrected chi connectivity index (χ0v) is 20.3. The average molecular weight is 496 g/mol. The molecule has 1 aromatic carbocycles. The summed E-state index contributed by atoms with van der Waals surface area (Å²) in [6.45, 7) is 3.47. The summed E-state index contributed by atoms with van der Waals surface area (Å²) in [4.78, 5) is 43.6. The van der Waals surface area contributed by atoms with E-state index in [1.807, 2.05) is 42.5 Å². The van der Waals surface area contributed by atoms with Gasteiger partial charge in [0.15, 0.2) is 0 Å². The van der Waals surface area contributed by atoms with E-state index in [4.69, 9.17) is 15.2 Å². The third-order valence-electron chi connectivity index (χ3n) is 5.09. The van der Waals surface area contributed by atoms with Gasteiger partial charge in [0.25, 0.3) is 5.91 Å². The van der Waals surface area contributed by atoms with Crippen LogP contribution in [0.25, 0.3) is 21.5 Å². The number of carbonyl (C=O) groups is 3. The Morgan fingerprint density at radius 1 is 1.03 bits per heavy atom. The minimum Gasteiger partial charge on any atom is -0.465 e. The van der Waals surface area contributed by atoms with Crippen molar-refractivity contribution in [1.29, 1.82) is 0 Å². The number of carbonyl (C=O) groups excluding carboxylic acids is 3. The van der Waals surface area contributed by atoms with Crippen LogP contribution in [-0.2, 0) is 9.47 Å². The van der Waals surface area contributed by atoms with E-state index in [-0.39, 0.29) is 26.9 Å². The maximum absolute atomic E-state index is 13.2. The lowest BCUT2D eigenvalue weighted by atomic mass is 10.1. The molecule has 0 unspecified atom stereocenters. The molecule has 4 aromatic rings. The predicted octanol–water partition coefficient (Wildman–Crippen LogP) is 5.13. The number of nitrogens with two attached hydrogens (primary N) is 1. The maximum Gasteiger partial charge on any atom is 0.348 e. The summed E-state index contributed by atoms with van der Waals surface area (Å²) in [6.07, 6.45) is 0. The van der Waals surface area contributed by atoms with Crippen molar-refractivity contribution in [2.45, 2.75) is 13.8 Å². The van der Waals surface area contributed by atoms with Crippen LogP contribution in [0.3, 0.4) is 0 Å². The molecule has 3 heterocycles. The SMILES string of the molecule is CCOC(=O)c1sc(NC(=O)c2sc3nc(-c4ccccc4)ccc3c2N)c(C(=O)OC)c1C. The number of thiophene rings is 2. The van der Waals surface area contributed by atoms with Gasteiger partial charge in [-0.15, -0.1) is 22.7 Å². The second-order valence-electron chi connectivity index (χ2n) is 7.19. The fraction of sp³-hybridized carbons (Fsp3) is 0.167. The van der Waals surface area contributed by atoms with Gasteiger partial charge in [0.1, 0.15) is 19.6 Å². The highest BCUT2D eigenvalue weighted by molar-refractivity contribution is 7.21. The molecular weight excluding hydrogens is 474 g/mol. The molecule has 4 rings (SSSR count). The monoisotopic (exact) mass is 495 g/mol. The highest BCUT2D eigenvalue weighted by Crippen LogP contribution is 2.37. The highest BCUT2D eigenvalue weighted by atomic mass is 32.1. The summed E-state index contributed by atoms with van der Waals surface area (Å²) in [5, 5.41) is 3.57. The van der Waals surface area contributed by atoms with Gasteiger partial charge in [-0.05, 0) is 31.5 Å². The number of esters is 2. The summed E-state index contributed by atoms with van der Waals surface area (Å²) in [6, 6.07) is 13.4. The van der Waals surface area contributed by atoms with Crippen LogP contribution in [0.1, 0.15) is 42.2 Å². The van der Waals surface area contributed by atoms with Crippen molar-refractivity contribution in [2.75, 3.05) is 24.8 Å². The second-order valence-corrected chi connectivity index (χ2v) is 9.21. The van der Waals surface area contributed by atoms with Crippen LogP contribution in [0, 0.1) is 6.92 Å². The number of nitrogen functional groups attached to an aromatic ring is 1. The molecule has 0 bridgehead atoms. The molecule has 3 N–H and O–H groups in total. The third kappa shape index (κ3) is 4.25. The lowest BCUT2D eigenvalue weighted by Gasteiger charge is -2.05. The number of hydrogen-bond acceptors (Lipinski definition) is 9. The number of fused-ring (bicyclic) bond motifs is 1. The zero-order chi connectivity index (χ0) is 24.4. The van der Waals surface area contributed by atoms with Crippen molar-refractivity contribution in [3.05, 3.63) is 63.3 Å². The van der Waals surface area contributed by atoms with Crippen molar-refractivity contribution in [3.63, 3.8) is 0 Å². The molecule has 0 aliphatic rings. The number of pyridine rings is 1. The molecule has 10 heteroatoms.